The number of para-hydroxylation sites is 1. The molecule has 2 heterocycles. The molecule has 2 fully saturated rings. The van der Waals surface area contributed by atoms with E-state index in [1.807, 2.05) is 18.2 Å². The van der Waals surface area contributed by atoms with Crippen molar-refractivity contribution in [2.24, 2.45) is 5.92 Å². The summed E-state index contributed by atoms with van der Waals surface area (Å²) in [6, 6.07) is 5.94. The Labute approximate surface area is 146 Å². The highest BCUT2D eigenvalue weighted by molar-refractivity contribution is 7.90. The number of sulfonamides is 1. The molecule has 1 aromatic heterocycles. The summed E-state index contributed by atoms with van der Waals surface area (Å²) in [5.41, 5.74) is 0.900. The molecule has 0 spiro atoms. The summed E-state index contributed by atoms with van der Waals surface area (Å²) in [7, 11) is 0.300. The number of fused-ring (bicyclic) bond motifs is 1. The van der Waals surface area contributed by atoms with Crippen LogP contribution in [0.2, 0.25) is 0 Å². The largest absolute Gasteiger partial charge is 0.494 e. The third kappa shape index (κ3) is 2.76. The Bertz CT molecular complexity index is 855. The molecule has 1 aromatic carbocycles. The summed E-state index contributed by atoms with van der Waals surface area (Å²) < 4.78 is 32.4. The molecule has 24 heavy (non-hydrogen) atoms. The van der Waals surface area contributed by atoms with Gasteiger partial charge in [-0.05, 0) is 25.0 Å². The Hall–Kier alpha value is -1.38. The van der Waals surface area contributed by atoms with E-state index in [-0.39, 0.29) is 5.25 Å². The average molecular weight is 367 g/mol. The Morgan fingerprint density at radius 2 is 2.12 bits per heavy atom. The summed E-state index contributed by atoms with van der Waals surface area (Å²) in [5, 5.41) is 0.855. The fourth-order valence-corrected chi connectivity index (χ4v) is 5.80. The van der Waals surface area contributed by atoms with Gasteiger partial charge in [-0.1, -0.05) is 17.4 Å². The number of ether oxygens (including phenoxy) is 1. The third-order valence-electron chi connectivity index (χ3n) is 4.71. The van der Waals surface area contributed by atoms with E-state index >= 15 is 0 Å². The number of methoxy groups -OCH3 is 1. The van der Waals surface area contributed by atoms with Crippen LogP contribution in [-0.2, 0) is 10.0 Å². The Morgan fingerprint density at radius 3 is 2.79 bits per heavy atom. The molecule has 1 saturated heterocycles. The number of nitrogens with zero attached hydrogens (tertiary/aromatic N) is 3. The van der Waals surface area contributed by atoms with Crippen molar-refractivity contribution < 1.29 is 13.2 Å². The van der Waals surface area contributed by atoms with Crippen LogP contribution >= 0.6 is 11.3 Å². The van der Waals surface area contributed by atoms with Crippen LogP contribution in [-0.4, -0.2) is 56.7 Å². The van der Waals surface area contributed by atoms with Crippen molar-refractivity contribution in [1.82, 2.24) is 9.29 Å². The van der Waals surface area contributed by atoms with Crippen molar-refractivity contribution in [3.05, 3.63) is 18.2 Å². The molecular weight excluding hydrogens is 346 g/mol. The predicted molar refractivity (Wildman–Crippen MR) is 96.4 cm³/mol. The lowest BCUT2D eigenvalue weighted by Gasteiger charge is -2.40. The number of thiazole rings is 1. The van der Waals surface area contributed by atoms with E-state index in [0.717, 1.165) is 47.0 Å². The molecule has 130 valence electrons. The average Bonchev–Trinajstić information content (AvgIpc) is 3.29. The Balaban J connectivity index is 1.41. The molecule has 0 atom stereocenters. The van der Waals surface area contributed by atoms with Crippen LogP contribution in [0.5, 0.6) is 5.75 Å². The molecule has 0 bridgehead atoms. The van der Waals surface area contributed by atoms with E-state index in [0.29, 0.717) is 12.5 Å². The second kappa shape index (κ2) is 5.86. The van der Waals surface area contributed by atoms with Gasteiger partial charge < -0.3 is 9.64 Å². The number of benzene rings is 1. The van der Waals surface area contributed by atoms with Gasteiger partial charge in [0, 0.05) is 32.6 Å². The van der Waals surface area contributed by atoms with Crippen molar-refractivity contribution in [2.75, 3.05) is 38.7 Å². The topological polar surface area (TPSA) is 62.7 Å². The first-order valence-electron chi connectivity index (χ1n) is 8.12. The van der Waals surface area contributed by atoms with Gasteiger partial charge in [0.1, 0.15) is 11.3 Å². The van der Waals surface area contributed by atoms with Crippen LogP contribution in [0, 0.1) is 5.92 Å². The summed E-state index contributed by atoms with van der Waals surface area (Å²) in [6.07, 6.45) is 1.63. The van der Waals surface area contributed by atoms with E-state index in [4.69, 9.17) is 9.72 Å². The number of anilines is 1. The van der Waals surface area contributed by atoms with Crippen LogP contribution in [0.3, 0.4) is 0 Å². The van der Waals surface area contributed by atoms with E-state index in [9.17, 15) is 8.42 Å². The maximum atomic E-state index is 12.2. The first-order valence-corrected chi connectivity index (χ1v) is 10.4. The zero-order valence-electron chi connectivity index (χ0n) is 13.8. The summed E-state index contributed by atoms with van der Waals surface area (Å²) >= 11 is 1.66. The molecule has 6 nitrogen and oxygen atoms in total. The van der Waals surface area contributed by atoms with E-state index in [2.05, 4.69) is 4.90 Å². The SMILES string of the molecule is COc1cccc2sc(N3CC(CN(C)S(=O)(=O)C4CC4)C3)nc12. The minimum atomic E-state index is -3.06. The maximum absolute atomic E-state index is 12.2. The van der Waals surface area contributed by atoms with Crippen molar-refractivity contribution in [3.63, 3.8) is 0 Å². The highest BCUT2D eigenvalue weighted by Crippen LogP contribution is 2.37. The molecule has 0 unspecified atom stereocenters. The molecule has 2 aromatic rings. The van der Waals surface area contributed by atoms with Crippen molar-refractivity contribution >= 4 is 36.7 Å². The first-order chi connectivity index (χ1) is 11.5. The number of aromatic nitrogens is 1. The molecule has 8 heteroatoms. The smallest absolute Gasteiger partial charge is 0.216 e. The summed E-state index contributed by atoms with van der Waals surface area (Å²) in [4.78, 5) is 6.91. The normalized spacial score (nSPS) is 19.0. The minimum Gasteiger partial charge on any atom is -0.494 e. The molecule has 0 radical (unpaired) electrons. The highest BCUT2D eigenvalue weighted by Gasteiger charge is 2.40. The van der Waals surface area contributed by atoms with Gasteiger partial charge in [0.2, 0.25) is 10.0 Å². The van der Waals surface area contributed by atoms with Crippen LogP contribution in [0.1, 0.15) is 12.8 Å². The van der Waals surface area contributed by atoms with Crippen molar-refractivity contribution in [3.8, 4) is 5.75 Å². The van der Waals surface area contributed by atoms with Crippen LogP contribution in [0.25, 0.3) is 10.2 Å². The Morgan fingerprint density at radius 1 is 1.38 bits per heavy atom. The molecule has 1 saturated carbocycles. The van der Waals surface area contributed by atoms with Crippen molar-refractivity contribution in [1.29, 1.82) is 0 Å². The fraction of sp³-hybridized carbons (Fsp3) is 0.562. The van der Waals surface area contributed by atoms with Gasteiger partial charge in [0.25, 0.3) is 0 Å². The van der Waals surface area contributed by atoms with Crippen molar-refractivity contribution in [2.45, 2.75) is 18.1 Å². The molecule has 0 N–H and O–H groups in total. The van der Waals surface area contributed by atoms with Gasteiger partial charge in [0.15, 0.2) is 5.13 Å². The zero-order chi connectivity index (χ0) is 16.9. The van der Waals surface area contributed by atoms with Gasteiger partial charge in [0.05, 0.1) is 17.1 Å². The lowest BCUT2D eigenvalue weighted by molar-refractivity contribution is 0.327. The maximum Gasteiger partial charge on any atom is 0.216 e. The molecule has 1 aliphatic carbocycles. The van der Waals surface area contributed by atoms with Gasteiger partial charge in [-0.15, -0.1) is 0 Å². The van der Waals surface area contributed by atoms with E-state index in [1.54, 1.807) is 29.8 Å². The molecule has 1 aliphatic heterocycles. The van der Waals surface area contributed by atoms with Crippen LogP contribution in [0.4, 0.5) is 5.13 Å². The second-order valence-corrected chi connectivity index (χ2v) is 9.93. The van der Waals surface area contributed by atoms with Gasteiger partial charge in [-0.3, -0.25) is 0 Å². The standard InChI is InChI=1S/C16H21N3O3S2/c1-18(24(20,21)12-6-7-12)8-11-9-19(10-11)16-17-15-13(22-2)4-3-5-14(15)23-16/h3-5,11-12H,6-10H2,1-2H3. The molecular formula is C16H21N3O3S2. The van der Waals surface area contributed by atoms with Gasteiger partial charge in [-0.25, -0.2) is 17.7 Å². The van der Waals surface area contributed by atoms with E-state index in [1.165, 1.54) is 0 Å². The van der Waals surface area contributed by atoms with Crippen LogP contribution < -0.4 is 9.64 Å². The Kier molecular flexibility index (Phi) is 3.93. The van der Waals surface area contributed by atoms with E-state index < -0.39 is 10.0 Å². The second-order valence-electron chi connectivity index (χ2n) is 6.60. The van der Waals surface area contributed by atoms with Crippen LogP contribution in [0.15, 0.2) is 18.2 Å². The minimum absolute atomic E-state index is 0.129. The lowest BCUT2D eigenvalue weighted by Crippen LogP contribution is -2.52. The lowest BCUT2D eigenvalue weighted by atomic mass is 10.0. The van der Waals surface area contributed by atoms with Gasteiger partial charge in [-0.2, -0.15) is 0 Å². The monoisotopic (exact) mass is 367 g/mol. The van der Waals surface area contributed by atoms with Gasteiger partial charge >= 0.3 is 0 Å². The predicted octanol–water partition coefficient (Wildman–Crippen LogP) is 2.17. The number of hydrogen-bond acceptors (Lipinski definition) is 6. The fourth-order valence-electron chi connectivity index (χ4n) is 3.14. The quantitative estimate of drug-likeness (QED) is 0.783. The zero-order valence-corrected chi connectivity index (χ0v) is 15.4. The molecule has 2 aliphatic rings. The highest BCUT2D eigenvalue weighted by atomic mass is 32.2. The molecule has 4 rings (SSSR count). The number of rotatable bonds is 6. The third-order valence-corrected chi connectivity index (χ3v) is 8.13. The first kappa shape index (κ1) is 16.1. The summed E-state index contributed by atoms with van der Waals surface area (Å²) in [5.74, 6) is 1.17. The molecule has 0 amide bonds. The summed E-state index contributed by atoms with van der Waals surface area (Å²) in [6.45, 7) is 2.31. The number of hydrogen-bond donors (Lipinski definition) is 0.